The highest BCUT2D eigenvalue weighted by Crippen LogP contribution is 2.25. The summed E-state index contributed by atoms with van der Waals surface area (Å²) in [4.78, 5) is 35.5. The second-order valence-electron chi connectivity index (χ2n) is 7.61. The van der Waals surface area contributed by atoms with Crippen LogP contribution in [0.4, 0.5) is 11.5 Å². The van der Waals surface area contributed by atoms with E-state index >= 15 is 0 Å². The Labute approximate surface area is 206 Å². The van der Waals surface area contributed by atoms with E-state index < -0.39 is 5.97 Å². The van der Waals surface area contributed by atoms with Gasteiger partial charge >= 0.3 is 5.97 Å². The molecule has 0 unspecified atom stereocenters. The van der Waals surface area contributed by atoms with Gasteiger partial charge in [-0.05, 0) is 54.6 Å². The first-order valence-electron chi connectivity index (χ1n) is 10.8. The largest absolute Gasteiger partial charge is 0.469 e. The maximum absolute atomic E-state index is 13.4. The fraction of sp³-hybridized carbons (Fsp3) is 0.160. The molecule has 1 amide bonds. The molecule has 0 saturated carbocycles. The van der Waals surface area contributed by atoms with Crippen molar-refractivity contribution < 1.29 is 14.3 Å². The van der Waals surface area contributed by atoms with Gasteiger partial charge in [-0.15, -0.1) is 11.3 Å². The third-order valence-electron chi connectivity index (χ3n) is 5.26. The second-order valence-corrected chi connectivity index (χ2v) is 8.72. The van der Waals surface area contributed by atoms with Crippen LogP contribution in [0.5, 0.6) is 0 Å². The Bertz CT molecular complexity index is 1350. The van der Waals surface area contributed by atoms with E-state index in [4.69, 9.17) is 15.9 Å². The van der Waals surface area contributed by atoms with E-state index in [-0.39, 0.29) is 24.7 Å². The van der Waals surface area contributed by atoms with Crippen LogP contribution in [0.3, 0.4) is 0 Å². The molecule has 2 heterocycles. The number of carbonyl (C=O) groups excluding carboxylic acids is 2. The van der Waals surface area contributed by atoms with Gasteiger partial charge in [0.1, 0.15) is 16.7 Å². The molecule has 0 saturated heterocycles. The van der Waals surface area contributed by atoms with Crippen molar-refractivity contribution in [1.82, 2.24) is 9.97 Å². The minimum Gasteiger partial charge on any atom is -0.469 e. The number of hydrogen-bond donors (Lipinski definition) is 3. The third kappa shape index (κ3) is 5.79. The highest BCUT2D eigenvalue weighted by atomic mass is 32.1. The lowest BCUT2D eigenvalue weighted by atomic mass is 10.1. The van der Waals surface area contributed by atoms with Crippen LogP contribution in [0.25, 0.3) is 10.2 Å². The molecular formula is C25H24N6O3S. The van der Waals surface area contributed by atoms with E-state index in [1.807, 2.05) is 18.2 Å². The van der Waals surface area contributed by atoms with E-state index in [1.165, 1.54) is 12.0 Å². The quantitative estimate of drug-likeness (QED) is 0.185. The molecule has 0 fully saturated rings. The molecule has 0 aliphatic rings. The van der Waals surface area contributed by atoms with Crippen LogP contribution in [0.2, 0.25) is 0 Å². The van der Waals surface area contributed by atoms with Crippen LogP contribution in [-0.4, -0.2) is 41.3 Å². The minimum atomic E-state index is -0.401. The van der Waals surface area contributed by atoms with Gasteiger partial charge in [-0.1, -0.05) is 6.07 Å². The fourth-order valence-corrected chi connectivity index (χ4v) is 4.31. The van der Waals surface area contributed by atoms with Crippen LogP contribution in [0.1, 0.15) is 27.3 Å². The lowest BCUT2D eigenvalue weighted by Crippen LogP contribution is -2.33. The van der Waals surface area contributed by atoms with Gasteiger partial charge < -0.3 is 15.8 Å². The van der Waals surface area contributed by atoms with Crippen LogP contribution in [0.15, 0.2) is 66.9 Å². The average Bonchev–Trinajstić information content (AvgIpc) is 3.30. The molecule has 9 nitrogen and oxygen atoms in total. The maximum Gasteiger partial charge on any atom is 0.307 e. The lowest BCUT2D eigenvalue weighted by molar-refractivity contribution is -0.140. The second kappa shape index (κ2) is 10.7. The highest BCUT2D eigenvalue weighted by molar-refractivity contribution is 7.18. The fourth-order valence-electron chi connectivity index (χ4n) is 3.42. The van der Waals surface area contributed by atoms with E-state index in [9.17, 15) is 9.59 Å². The number of esters is 1. The number of benzene rings is 2. The molecule has 0 atom stereocenters. The molecule has 10 heteroatoms. The van der Waals surface area contributed by atoms with Crippen molar-refractivity contribution in [3.8, 4) is 0 Å². The van der Waals surface area contributed by atoms with Gasteiger partial charge in [0.2, 0.25) is 0 Å². The molecule has 0 aliphatic heterocycles. The number of aromatic nitrogens is 2. The molecule has 178 valence electrons. The number of nitrogens with zero attached hydrogens (tertiary/aromatic N) is 3. The number of methoxy groups -OCH3 is 1. The Morgan fingerprint density at radius 1 is 1.11 bits per heavy atom. The van der Waals surface area contributed by atoms with Gasteiger partial charge in [0.05, 0.1) is 30.3 Å². The van der Waals surface area contributed by atoms with Crippen LogP contribution in [0, 0.1) is 5.41 Å². The molecule has 4 rings (SSSR count). The number of pyridine rings is 1. The van der Waals surface area contributed by atoms with Crippen LogP contribution in [-0.2, 0) is 16.1 Å². The molecular weight excluding hydrogens is 464 g/mol. The predicted octanol–water partition coefficient (Wildman–Crippen LogP) is 3.80. The molecule has 2 aromatic carbocycles. The minimum absolute atomic E-state index is 0.0278. The first-order chi connectivity index (χ1) is 16.9. The normalized spacial score (nSPS) is 10.7. The van der Waals surface area contributed by atoms with Crippen LogP contribution >= 0.6 is 11.3 Å². The number of ether oxygens (including phenoxy) is 1. The summed E-state index contributed by atoms with van der Waals surface area (Å²) in [5, 5.41) is 11.7. The molecule has 2 aromatic heterocycles. The van der Waals surface area contributed by atoms with Crippen LogP contribution < -0.4 is 16.0 Å². The maximum atomic E-state index is 13.4. The number of nitrogen functional groups attached to an aromatic ring is 1. The third-order valence-corrected chi connectivity index (χ3v) is 6.29. The number of carbonyl (C=O) groups is 2. The van der Waals surface area contributed by atoms with Crippen molar-refractivity contribution in [3.63, 3.8) is 0 Å². The number of amides is 1. The van der Waals surface area contributed by atoms with E-state index in [0.717, 1.165) is 20.9 Å². The molecule has 0 spiro atoms. The van der Waals surface area contributed by atoms with E-state index in [0.29, 0.717) is 23.5 Å². The zero-order valence-corrected chi connectivity index (χ0v) is 19.8. The average molecular weight is 489 g/mol. The Balaban J connectivity index is 1.51. The number of amidine groups is 1. The zero-order chi connectivity index (χ0) is 24.8. The summed E-state index contributed by atoms with van der Waals surface area (Å²) in [6.45, 7) is 0.663. The van der Waals surface area contributed by atoms with Gasteiger partial charge in [0, 0.05) is 29.6 Å². The Kier molecular flexibility index (Phi) is 7.32. The first kappa shape index (κ1) is 23.8. The molecule has 4 aromatic rings. The lowest BCUT2D eigenvalue weighted by Gasteiger charge is -2.21. The van der Waals surface area contributed by atoms with Gasteiger partial charge in [0.15, 0.2) is 0 Å². The summed E-state index contributed by atoms with van der Waals surface area (Å²) >= 11 is 1.54. The zero-order valence-electron chi connectivity index (χ0n) is 19.0. The van der Waals surface area contributed by atoms with Crippen molar-refractivity contribution in [1.29, 1.82) is 5.41 Å². The van der Waals surface area contributed by atoms with Gasteiger partial charge in [0.25, 0.3) is 5.91 Å². The van der Waals surface area contributed by atoms with Gasteiger partial charge in [-0.25, -0.2) is 9.97 Å². The standard InChI is InChI=1S/C25H24N6O3S/c1-34-23(32)11-13-31(21-4-2-3-12-28-21)25(33)17-7-10-20-19(14-17)30-22(35-20)15-29-18-8-5-16(6-9-18)24(26)27/h2-10,12,14,29H,11,13,15H2,1H3,(H3,26,27). The van der Waals surface area contributed by atoms with Crippen molar-refractivity contribution in [2.75, 3.05) is 23.9 Å². The summed E-state index contributed by atoms with van der Waals surface area (Å²) < 4.78 is 5.69. The van der Waals surface area contributed by atoms with Crippen molar-refractivity contribution in [2.45, 2.75) is 13.0 Å². The van der Waals surface area contributed by atoms with Crippen molar-refractivity contribution >= 4 is 50.8 Å². The monoisotopic (exact) mass is 488 g/mol. The topological polar surface area (TPSA) is 134 Å². The number of hydrogen-bond acceptors (Lipinski definition) is 8. The number of nitrogens with two attached hydrogens (primary N) is 1. The summed E-state index contributed by atoms with van der Waals surface area (Å²) in [6, 6.07) is 18.0. The smallest absolute Gasteiger partial charge is 0.307 e. The van der Waals surface area contributed by atoms with Gasteiger partial charge in [-0.3, -0.25) is 19.9 Å². The number of thiazole rings is 1. The number of rotatable bonds is 9. The first-order valence-corrected chi connectivity index (χ1v) is 11.6. The summed E-state index contributed by atoms with van der Waals surface area (Å²) in [5.74, 6) is -0.185. The van der Waals surface area contributed by atoms with E-state index in [1.54, 1.807) is 60.0 Å². The van der Waals surface area contributed by atoms with Crippen molar-refractivity contribution in [2.24, 2.45) is 5.73 Å². The molecule has 0 bridgehead atoms. The predicted molar refractivity (Wildman–Crippen MR) is 137 cm³/mol. The summed E-state index contributed by atoms with van der Waals surface area (Å²) in [5.41, 5.74) is 8.23. The SMILES string of the molecule is COC(=O)CCN(C(=O)c1ccc2sc(CNc3ccc(C(=N)N)cc3)nc2c1)c1ccccn1. The molecule has 35 heavy (non-hydrogen) atoms. The molecule has 0 aliphatic carbocycles. The van der Waals surface area contributed by atoms with Crippen molar-refractivity contribution in [3.05, 3.63) is 83.0 Å². The van der Waals surface area contributed by atoms with Gasteiger partial charge in [-0.2, -0.15) is 0 Å². The molecule has 4 N–H and O–H groups in total. The highest BCUT2D eigenvalue weighted by Gasteiger charge is 2.21. The molecule has 0 radical (unpaired) electrons. The number of anilines is 2. The number of nitrogens with one attached hydrogen (secondary N) is 2. The van der Waals surface area contributed by atoms with E-state index in [2.05, 4.69) is 15.3 Å². The summed E-state index contributed by atoms with van der Waals surface area (Å²) in [7, 11) is 1.32. The number of fused-ring (bicyclic) bond motifs is 1. The summed E-state index contributed by atoms with van der Waals surface area (Å²) in [6.07, 6.45) is 1.66. The Hall–Kier alpha value is -4.31. The Morgan fingerprint density at radius 2 is 1.89 bits per heavy atom. The Morgan fingerprint density at radius 3 is 2.57 bits per heavy atom.